The Bertz CT molecular complexity index is 1110. The molecule has 0 unspecified atom stereocenters. The molecule has 1 aliphatic heterocycles. The molecule has 1 fully saturated rings. The first-order chi connectivity index (χ1) is 16.1. The molecule has 0 aliphatic carbocycles. The number of carbonyl (C=O) groups excluding carboxylic acids is 1. The monoisotopic (exact) mass is 467 g/mol. The molecule has 3 aromatic rings. The minimum atomic E-state index is -0.0358. The van der Waals surface area contributed by atoms with Gasteiger partial charge in [-0.2, -0.15) is 0 Å². The molecule has 0 radical (unpaired) electrons. The van der Waals surface area contributed by atoms with Gasteiger partial charge in [-0.3, -0.25) is 14.7 Å². The summed E-state index contributed by atoms with van der Waals surface area (Å²) in [7, 11) is 0. The third-order valence-corrected chi connectivity index (χ3v) is 6.06. The topological polar surface area (TPSA) is 54.9 Å². The predicted octanol–water partition coefficient (Wildman–Crippen LogP) is 5.03. The number of nitrogens with zero attached hydrogens (tertiary/aromatic N) is 3. The van der Waals surface area contributed by atoms with Gasteiger partial charge in [-0.15, -0.1) is 0 Å². The maximum Gasteiger partial charge on any atom is 0.254 e. The lowest BCUT2D eigenvalue weighted by Crippen LogP contribution is -2.48. The fraction of sp³-hybridized carbons (Fsp3) is 0.385. The van der Waals surface area contributed by atoms with Crippen LogP contribution in [0.3, 0.4) is 0 Å². The number of para-hydroxylation sites is 1. The largest absolute Gasteiger partial charge is 0.490 e. The van der Waals surface area contributed by atoms with Crippen LogP contribution in [0.25, 0.3) is 10.9 Å². The van der Waals surface area contributed by atoms with E-state index in [-0.39, 0.29) is 5.91 Å². The second-order valence-corrected chi connectivity index (χ2v) is 8.53. The maximum atomic E-state index is 13.2. The van der Waals surface area contributed by atoms with Gasteiger partial charge in [0.15, 0.2) is 11.5 Å². The maximum absolute atomic E-state index is 13.2. The molecular weight excluding hydrogens is 438 g/mol. The van der Waals surface area contributed by atoms with Crippen molar-refractivity contribution in [3.8, 4) is 11.5 Å². The van der Waals surface area contributed by atoms with Gasteiger partial charge in [-0.1, -0.05) is 42.8 Å². The van der Waals surface area contributed by atoms with E-state index in [1.807, 2.05) is 31.0 Å². The van der Waals surface area contributed by atoms with E-state index >= 15 is 0 Å². The number of rotatable bonds is 8. The molecule has 1 amide bonds. The Hall–Kier alpha value is -2.83. The SMILES string of the molecule is CCCOc1c(Cl)cc(C(=O)N2CCN(Cc3cccc4cccnc34)CC2)cc1OCC. The second kappa shape index (κ2) is 10.9. The fourth-order valence-corrected chi connectivity index (χ4v) is 4.39. The van der Waals surface area contributed by atoms with E-state index in [9.17, 15) is 4.79 Å². The summed E-state index contributed by atoms with van der Waals surface area (Å²) >= 11 is 6.46. The first-order valence-corrected chi connectivity index (χ1v) is 11.9. The molecule has 1 saturated heterocycles. The van der Waals surface area contributed by atoms with Crippen molar-refractivity contribution in [1.82, 2.24) is 14.8 Å². The summed E-state index contributed by atoms with van der Waals surface area (Å²) in [4.78, 5) is 22.0. The first kappa shape index (κ1) is 23.3. The fourth-order valence-electron chi connectivity index (χ4n) is 4.13. The van der Waals surface area contributed by atoms with Crippen LogP contribution < -0.4 is 9.47 Å². The Morgan fingerprint density at radius 2 is 1.85 bits per heavy atom. The zero-order valence-electron chi connectivity index (χ0n) is 19.2. The van der Waals surface area contributed by atoms with Gasteiger partial charge in [-0.25, -0.2) is 0 Å². The number of halogens is 1. The second-order valence-electron chi connectivity index (χ2n) is 8.13. The van der Waals surface area contributed by atoms with Crippen LogP contribution in [0, 0.1) is 0 Å². The van der Waals surface area contributed by atoms with Crippen LogP contribution in [0.2, 0.25) is 5.02 Å². The van der Waals surface area contributed by atoms with Gasteiger partial charge in [0.1, 0.15) is 0 Å². The van der Waals surface area contributed by atoms with E-state index < -0.39 is 0 Å². The number of hydrogen-bond acceptors (Lipinski definition) is 5. The van der Waals surface area contributed by atoms with Gasteiger partial charge in [-0.05, 0) is 37.1 Å². The molecule has 2 heterocycles. The summed E-state index contributed by atoms with van der Waals surface area (Å²) in [6, 6.07) is 13.8. The number of fused-ring (bicyclic) bond motifs is 1. The summed E-state index contributed by atoms with van der Waals surface area (Å²) in [5.74, 6) is 0.987. The molecule has 33 heavy (non-hydrogen) atoms. The number of amides is 1. The first-order valence-electron chi connectivity index (χ1n) is 11.5. The van der Waals surface area contributed by atoms with Crippen LogP contribution >= 0.6 is 11.6 Å². The molecule has 6 nitrogen and oxygen atoms in total. The smallest absolute Gasteiger partial charge is 0.254 e. The van der Waals surface area contributed by atoms with Crippen LogP contribution in [0.4, 0.5) is 0 Å². The van der Waals surface area contributed by atoms with Crippen molar-refractivity contribution >= 4 is 28.4 Å². The minimum Gasteiger partial charge on any atom is -0.490 e. The van der Waals surface area contributed by atoms with Gasteiger partial charge in [0.2, 0.25) is 0 Å². The predicted molar refractivity (Wildman–Crippen MR) is 131 cm³/mol. The number of hydrogen-bond donors (Lipinski definition) is 0. The minimum absolute atomic E-state index is 0.0358. The van der Waals surface area contributed by atoms with Crippen molar-refractivity contribution in [3.05, 3.63) is 64.8 Å². The Kier molecular flexibility index (Phi) is 7.68. The van der Waals surface area contributed by atoms with E-state index in [1.54, 1.807) is 12.1 Å². The molecule has 4 rings (SSSR count). The quantitative estimate of drug-likeness (QED) is 0.465. The number of benzene rings is 2. The summed E-state index contributed by atoms with van der Waals surface area (Å²) in [5, 5.41) is 1.55. The van der Waals surface area contributed by atoms with Crippen molar-refractivity contribution in [2.75, 3.05) is 39.4 Å². The van der Waals surface area contributed by atoms with Crippen molar-refractivity contribution in [3.63, 3.8) is 0 Å². The third kappa shape index (κ3) is 5.40. The molecule has 0 saturated carbocycles. The normalized spacial score (nSPS) is 14.5. The highest BCUT2D eigenvalue weighted by molar-refractivity contribution is 6.32. The highest BCUT2D eigenvalue weighted by atomic mass is 35.5. The van der Waals surface area contributed by atoms with Gasteiger partial charge in [0.05, 0.1) is 23.8 Å². The van der Waals surface area contributed by atoms with Gasteiger partial charge < -0.3 is 14.4 Å². The molecule has 0 N–H and O–H groups in total. The van der Waals surface area contributed by atoms with E-state index in [0.29, 0.717) is 48.4 Å². The summed E-state index contributed by atoms with van der Waals surface area (Å²) in [6.07, 6.45) is 2.70. The van der Waals surface area contributed by atoms with Crippen molar-refractivity contribution in [2.45, 2.75) is 26.8 Å². The molecule has 0 spiro atoms. The van der Waals surface area contributed by atoms with Crippen molar-refractivity contribution in [1.29, 1.82) is 0 Å². The molecule has 174 valence electrons. The summed E-state index contributed by atoms with van der Waals surface area (Å²) in [5.41, 5.74) is 2.78. The van der Waals surface area contributed by atoms with E-state index in [4.69, 9.17) is 21.1 Å². The molecule has 1 aromatic heterocycles. The number of ether oxygens (including phenoxy) is 2. The standard InChI is InChI=1S/C26H30ClN3O3/c1-3-15-33-25-22(27)16-21(17-23(25)32-4-2)26(31)30-13-11-29(12-14-30)18-20-8-5-7-19-9-6-10-28-24(19)20/h5-10,16-17H,3-4,11-15,18H2,1-2H3. The highest BCUT2D eigenvalue weighted by Crippen LogP contribution is 2.37. The van der Waals surface area contributed by atoms with E-state index in [0.717, 1.165) is 37.0 Å². The number of carbonyl (C=O) groups is 1. The summed E-state index contributed by atoms with van der Waals surface area (Å²) in [6.45, 7) is 8.69. The number of aromatic nitrogens is 1. The molecular formula is C26H30ClN3O3. The number of pyridine rings is 1. The van der Waals surface area contributed by atoms with Crippen molar-refractivity contribution < 1.29 is 14.3 Å². The Morgan fingerprint density at radius 1 is 1.06 bits per heavy atom. The van der Waals surface area contributed by atoms with Crippen molar-refractivity contribution in [2.24, 2.45) is 0 Å². The Morgan fingerprint density at radius 3 is 2.61 bits per heavy atom. The summed E-state index contributed by atoms with van der Waals surface area (Å²) < 4.78 is 11.5. The molecule has 0 bridgehead atoms. The van der Waals surface area contributed by atoms with Gasteiger partial charge in [0, 0.05) is 49.9 Å². The van der Waals surface area contributed by atoms with Crippen LogP contribution in [0.1, 0.15) is 36.2 Å². The Labute approximate surface area is 200 Å². The van der Waals surface area contributed by atoms with E-state index in [2.05, 4.69) is 34.1 Å². The average molecular weight is 468 g/mol. The van der Waals surface area contributed by atoms with Crippen LogP contribution in [-0.2, 0) is 6.54 Å². The van der Waals surface area contributed by atoms with Gasteiger partial charge in [0.25, 0.3) is 5.91 Å². The average Bonchev–Trinajstić information content (AvgIpc) is 2.84. The molecule has 0 atom stereocenters. The van der Waals surface area contributed by atoms with Gasteiger partial charge >= 0.3 is 0 Å². The third-order valence-electron chi connectivity index (χ3n) is 5.78. The van der Waals surface area contributed by atoms with E-state index in [1.165, 1.54) is 5.56 Å². The van der Waals surface area contributed by atoms with Crippen LogP contribution in [-0.4, -0.2) is 60.1 Å². The lowest BCUT2D eigenvalue weighted by molar-refractivity contribution is 0.0628. The van der Waals surface area contributed by atoms with Crippen LogP contribution in [0.15, 0.2) is 48.7 Å². The molecule has 1 aliphatic rings. The molecule has 2 aromatic carbocycles. The zero-order chi connectivity index (χ0) is 23.2. The lowest BCUT2D eigenvalue weighted by Gasteiger charge is -2.35. The zero-order valence-corrected chi connectivity index (χ0v) is 20.0. The molecule has 7 heteroatoms. The lowest BCUT2D eigenvalue weighted by atomic mass is 10.1. The highest BCUT2D eigenvalue weighted by Gasteiger charge is 2.25. The van der Waals surface area contributed by atoms with Crippen LogP contribution in [0.5, 0.6) is 11.5 Å². The Balaban J connectivity index is 1.43. The number of piperazine rings is 1.